The molecule has 0 radical (unpaired) electrons. The zero-order valence-corrected chi connectivity index (χ0v) is 10.3. The third-order valence-electron chi connectivity index (χ3n) is 2.41. The number of aryl methyl sites for hydroxylation is 1. The van der Waals surface area contributed by atoms with Crippen LogP contribution in [0.2, 0.25) is 0 Å². The van der Waals surface area contributed by atoms with Gasteiger partial charge in [0.2, 0.25) is 0 Å². The number of aliphatic hydroxyl groups is 1. The van der Waals surface area contributed by atoms with Gasteiger partial charge in [-0.1, -0.05) is 24.3 Å². The van der Waals surface area contributed by atoms with Gasteiger partial charge in [0.1, 0.15) is 0 Å². The molecule has 0 heterocycles. The summed E-state index contributed by atoms with van der Waals surface area (Å²) in [6, 6.07) is 8.28. The van der Waals surface area contributed by atoms with Crippen molar-refractivity contribution in [1.82, 2.24) is 5.32 Å². The monoisotopic (exact) mass is 228 g/mol. The van der Waals surface area contributed by atoms with E-state index in [1.807, 2.05) is 26.0 Å². The molecule has 0 atom stereocenters. The quantitative estimate of drug-likeness (QED) is 0.683. The molecule has 1 rings (SSSR count). The Balaban J connectivity index is 0.00000196. The standard InChI is InChI=1S/C12H19NO.ClH/c1-10-6-4-5-7-11(10)8-13-12(2,3)9-14;/h4-7,13-14H,8-9H2,1-3H3;1H/p-1. The molecule has 2 N–H and O–H groups in total. The van der Waals surface area contributed by atoms with Crippen molar-refractivity contribution in [2.24, 2.45) is 0 Å². The smallest absolute Gasteiger partial charge is 0.0607 e. The van der Waals surface area contributed by atoms with E-state index < -0.39 is 0 Å². The maximum atomic E-state index is 9.08. The molecule has 0 saturated heterocycles. The summed E-state index contributed by atoms with van der Waals surface area (Å²) in [6.45, 7) is 7.04. The molecule has 0 aromatic heterocycles. The molecule has 1 aromatic carbocycles. The van der Waals surface area contributed by atoms with E-state index in [2.05, 4.69) is 24.4 Å². The second-order valence-corrected chi connectivity index (χ2v) is 4.32. The van der Waals surface area contributed by atoms with Gasteiger partial charge in [-0.2, -0.15) is 0 Å². The minimum Gasteiger partial charge on any atom is -1.00 e. The summed E-state index contributed by atoms with van der Waals surface area (Å²) >= 11 is 0. The summed E-state index contributed by atoms with van der Waals surface area (Å²) in [6.07, 6.45) is 0. The van der Waals surface area contributed by atoms with E-state index in [-0.39, 0.29) is 24.6 Å². The van der Waals surface area contributed by atoms with Crippen molar-refractivity contribution in [2.45, 2.75) is 32.9 Å². The number of benzene rings is 1. The van der Waals surface area contributed by atoms with E-state index in [1.165, 1.54) is 11.1 Å². The zero-order chi connectivity index (χ0) is 10.6. The van der Waals surface area contributed by atoms with Gasteiger partial charge in [0.05, 0.1) is 6.61 Å². The normalized spacial score (nSPS) is 10.9. The Morgan fingerprint density at radius 2 is 1.87 bits per heavy atom. The molecule has 86 valence electrons. The number of hydrogen-bond acceptors (Lipinski definition) is 2. The van der Waals surface area contributed by atoms with Crippen molar-refractivity contribution in [1.29, 1.82) is 0 Å². The molecular weight excluding hydrogens is 210 g/mol. The largest absolute Gasteiger partial charge is 1.00 e. The first-order valence-corrected chi connectivity index (χ1v) is 4.95. The van der Waals surface area contributed by atoms with Crippen LogP contribution in [0.4, 0.5) is 0 Å². The lowest BCUT2D eigenvalue weighted by Crippen LogP contribution is -3.00. The average Bonchev–Trinajstić information content (AvgIpc) is 2.17. The molecule has 1 aromatic rings. The Morgan fingerprint density at radius 3 is 2.40 bits per heavy atom. The Hall–Kier alpha value is -0.570. The Kier molecular flexibility index (Phi) is 5.88. The maximum absolute atomic E-state index is 9.08. The van der Waals surface area contributed by atoms with Crippen LogP contribution >= 0.6 is 0 Å². The Morgan fingerprint density at radius 1 is 1.27 bits per heavy atom. The predicted molar refractivity (Wildman–Crippen MR) is 59.2 cm³/mol. The molecule has 0 bridgehead atoms. The molecular formula is C12H19ClNO-. The summed E-state index contributed by atoms with van der Waals surface area (Å²) in [5, 5.41) is 12.4. The fourth-order valence-corrected chi connectivity index (χ4v) is 1.20. The van der Waals surface area contributed by atoms with Crippen LogP contribution in [0.25, 0.3) is 0 Å². The van der Waals surface area contributed by atoms with Crippen molar-refractivity contribution < 1.29 is 17.5 Å². The minimum absolute atomic E-state index is 0. The maximum Gasteiger partial charge on any atom is 0.0607 e. The van der Waals surface area contributed by atoms with Crippen molar-refractivity contribution >= 4 is 0 Å². The molecule has 0 unspecified atom stereocenters. The molecule has 0 spiro atoms. The highest BCUT2D eigenvalue weighted by Gasteiger charge is 2.14. The molecule has 2 nitrogen and oxygen atoms in total. The first-order valence-electron chi connectivity index (χ1n) is 4.95. The lowest BCUT2D eigenvalue weighted by atomic mass is 10.0. The van der Waals surface area contributed by atoms with Gasteiger partial charge in [-0.05, 0) is 31.9 Å². The summed E-state index contributed by atoms with van der Waals surface area (Å²) < 4.78 is 0. The van der Waals surface area contributed by atoms with Crippen molar-refractivity contribution in [3.63, 3.8) is 0 Å². The van der Waals surface area contributed by atoms with Crippen LogP contribution in [0.3, 0.4) is 0 Å². The van der Waals surface area contributed by atoms with Gasteiger partial charge < -0.3 is 22.8 Å². The summed E-state index contributed by atoms with van der Waals surface area (Å²) in [4.78, 5) is 0. The van der Waals surface area contributed by atoms with Crippen LogP contribution < -0.4 is 17.7 Å². The fraction of sp³-hybridized carbons (Fsp3) is 0.500. The van der Waals surface area contributed by atoms with E-state index in [9.17, 15) is 0 Å². The van der Waals surface area contributed by atoms with Crippen molar-refractivity contribution in [2.75, 3.05) is 6.61 Å². The first-order chi connectivity index (χ1) is 6.55. The molecule has 0 amide bonds. The highest BCUT2D eigenvalue weighted by Crippen LogP contribution is 2.08. The Labute approximate surface area is 98.1 Å². The molecule has 0 aliphatic carbocycles. The Bertz CT molecular complexity index is 299. The van der Waals surface area contributed by atoms with Crippen LogP contribution in [-0.4, -0.2) is 17.3 Å². The van der Waals surface area contributed by atoms with Gasteiger partial charge in [-0.25, -0.2) is 0 Å². The minimum atomic E-state index is -0.206. The molecule has 0 aliphatic heterocycles. The molecule has 0 aliphatic rings. The number of rotatable bonds is 4. The number of hydrogen-bond donors (Lipinski definition) is 2. The van der Waals surface area contributed by atoms with Gasteiger partial charge in [0.25, 0.3) is 0 Å². The highest BCUT2D eigenvalue weighted by atomic mass is 35.5. The predicted octanol–water partition coefficient (Wildman–Crippen LogP) is -1.14. The van der Waals surface area contributed by atoms with Crippen molar-refractivity contribution in [3.8, 4) is 0 Å². The third kappa shape index (κ3) is 4.65. The SMILES string of the molecule is Cc1ccccc1CNC(C)(C)CO.[Cl-]. The van der Waals surface area contributed by atoms with Crippen LogP contribution in [0, 0.1) is 6.92 Å². The zero-order valence-electron chi connectivity index (χ0n) is 9.55. The average molecular weight is 229 g/mol. The number of nitrogens with one attached hydrogen (secondary N) is 1. The molecule has 15 heavy (non-hydrogen) atoms. The number of aliphatic hydroxyl groups excluding tert-OH is 1. The molecule has 0 saturated carbocycles. The van der Waals surface area contributed by atoms with Crippen LogP contribution in [-0.2, 0) is 6.54 Å². The second-order valence-electron chi connectivity index (χ2n) is 4.32. The fourth-order valence-electron chi connectivity index (χ4n) is 1.20. The van der Waals surface area contributed by atoms with E-state index in [0.29, 0.717) is 0 Å². The summed E-state index contributed by atoms with van der Waals surface area (Å²) in [5.74, 6) is 0. The van der Waals surface area contributed by atoms with E-state index in [4.69, 9.17) is 5.11 Å². The second kappa shape index (κ2) is 6.11. The molecule has 3 heteroatoms. The van der Waals surface area contributed by atoms with Crippen LogP contribution in [0.5, 0.6) is 0 Å². The van der Waals surface area contributed by atoms with Crippen LogP contribution in [0.15, 0.2) is 24.3 Å². The summed E-state index contributed by atoms with van der Waals surface area (Å²) in [7, 11) is 0. The number of halogens is 1. The summed E-state index contributed by atoms with van der Waals surface area (Å²) in [5.41, 5.74) is 2.37. The van der Waals surface area contributed by atoms with Gasteiger partial charge in [-0.3, -0.25) is 0 Å². The van der Waals surface area contributed by atoms with E-state index in [0.717, 1.165) is 6.54 Å². The third-order valence-corrected chi connectivity index (χ3v) is 2.41. The van der Waals surface area contributed by atoms with E-state index in [1.54, 1.807) is 0 Å². The van der Waals surface area contributed by atoms with Crippen LogP contribution in [0.1, 0.15) is 25.0 Å². The van der Waals surface area contributed by atoms with Gasteiger partial charge in [-0.15, -0.1) is 0 Å². The van der Waals surface area contributed by atoms with Crippen molar-refractivity contribution in [3.05, 3.63) is 35.4 Å². The first kappa shape index (κ1) is 14.4. The molecule has 0 fully saturated rings. The lowest BCUT2D eigenvalue weighted by Gasteiger charge is -2.24. The van der Waals surface area contributed by atoms with Gasteiger partial charge in [0, 0.05) is 12.1 Å². The van der Waals surface area contributed by atoms with Gasteiger partial charge >= 0.3 is 0 Å². The van der Waals surface area contributed by atoms with Gasteiger partial charge in [0.15, 0.2) is 0 Å². The topological polar surface area (TPSA) is 32.3 Å². The van der Waals surface area contributed by atoms with E-state index >= 15 is 0 Å². The highest BCUT2D eigenvalue weighted by molar-refractivity contribution is 5.25. The lowest BCUT2D eigenvalue weighted by molar-refractivity contribution is -0.00000405.